The van der Waals surface area contributed by atoms with Crippen molar-refractivity contribution in [3.8, 4) is 110 Å². The molecule has 15 rings (SSSR count). The quantitative estimate of drug-likeness (QED) is 0.0701. The van der Waals surface area contributed by atoms with Crippen LogP contribution >= 0.6 is 0 Å². The molecule has 0 N–H and O–H groups in total. The summed E-state index contributed by atoms with van der Waals surface area (Å²) in [6.07, 6.45) is -4.77. The van der Waals surface area contributed by atoms with Crippen LogP contribution in [0.2, 0.25) is 0 Å². The first-order valence-corrected chi connectivity index (χ1v) is 38.5. The van der Waals surface area contributed by atoms with Gasteiger partial charge in [-0.15, -0.1) is 26.3 Å². The molecule has 638 valence electrons. The maximum atomic E-state index is 16.4. The first-order chi connectivity index (χ1) is 64.0. The Morgan fingerprint density at radius 3 is 1.13 bits per heavy atom. The van der Waals surface area contributed by atoms with Crippen LogP contribution in [-0.2, 0) is 0 Å². The van der Waals surface area contributed by atoms with Gasteiger partial charge in [-0.1, -0.05) is 66.7 Å². The lowest BCUT2D eigenvalue weighted by atomic mass is 9.79. The van der Waals surface area contributed by atoms with Crippen LogP contribution in [0.25, 0.3) is 167 Å². The second-order valence-electron chi connectivity index (χ2n) is 30.5. The normalized spacial score (nSPS) is 15.1. The minimum Gasteiger partial charge on any atom is -0.488 e. The zero-order chi connectivity index (χ0) is 97.1. The van der Waals surface area contributed by atoms with Gasteiger partial charge in [0.15, 0.2) is 6.20 Å². The van der Waals surface area contributed by atoms with Gasteiger partial charge in [0.05, 0.1) is 98.4 Å². The molecule has 2 heterocycles. The van der Waals surface area contributed by atoms with Crippen LogP contribution in [0, 0.1) is 138 Å². The molecule has 0 fully saturated rings. The van der Waals surface area contributed by atoms with Gasteiger partial charge < -0.3 is 18.9 Å². The summed E-state index contributed by atoms with van der Waals surface area (Å²) in [4.78, 5) is 38.3. The molecule has 6 aliphatic rings. The van der Waals surface area contributed by atoms with E-state index in [2.05, 4.69) is 75.2 Å². The summed E-state index contributed by atoms with van der Waals surface area (Å²) in [6, 6.07) is 48.1. The van der Waals surface area contributed by atoms with Gasteiger partial charge in [0, 0.05) is 79.7 Å². The third kappa shape index (κ3) is 16.4. The van der Waals surface area contributed by atoms with Crippen molar-refractivity contribution >= 4 is 78.4 Å². The van der Waals surface area contributed by atoms with Gasteiger partial charge in [-0.05, 0) is 209 Å². The van der Waals surface area contributed by atoms with Crippen molar-refractivity contribution in [1.29, 1.82) is 36.8 Å². The summed E-state index contributed by atoms with van der Waals surface area (Å²) in [7, 11) is 0. The summed E-state index contributed by atoms with van der Waals surface area (Å²) >= 11 is 0. The zero-order valence-corrected chi connectivity index (χ0v) is 69.6. The van der Waals surface area contributed by atoms with Crippen LogP contribution in [0.15, 0.2) is 216 Å². The van der Waals surface area contributed by atoms with E-state index in [0.29, 0.717) is 67.3 Å². The number of allylic oxidation sites excluding steroid dienone is 19. The van der Waals surface area contributed by atoms with E-state index >= 15 is 17.6 Å². The zero-order valence-electron chi connectivity index (χ0n) is 69.6. The molecule has 0 radical (unpaired) electrons. The Labute approximate surface area is 757 Å². The number of hydrogen-bond acceptors (Lipinski definition) is 13. The highest BCUT2D eigenvalue weighted by atomic mass is 19.4. The molecule has 32 heteroatoms. The highest BCUT2D eigenvalue weighted by Gasteiger charge is 2.48. The van der Waals surface area contributed by atoms with Crippen molar-refractivity contribution in [3.05, 3.63) is 397 Å². The van der Waals surface area contributed by atoms with Gasteiger partial charge in [-0.25, -0.2) is 67.3 Å². The second-order valence-corrected chi connectivity index (χ2v) is 30.5. The number of nitrogens with zero attached hydrogens (tertiary/aromatic N) is 18. The molecule has 134 heavy (non-hydrogen) atoms. The minimum atomic E-state index is -5.24. The number of aromatic nitrogens is 2. The van der Waals surface area contributed by atoms with Crippen LogP contribution in [0.5, 0.6) is 23.0 Å². The number of ether oxygens (including phenoxy) is 4. The molecule has 0 atom stereocenters. The fraction of sp³-hybridized carbons (Fsp3) is 0.0980. The van der Waals surface area contributed by atoms with Crippen LogP contribution in [0.3, 0.4) is 0 Å². The summed E-state index contributed by atoms with van der Waals surface area (Å²) in [5.74, 6) is -6.36. The lowest BCUT2D eigenvalue weighted by molar-refractivity contribution is -0.275. The molecule has 22 nitrogen and oxygen atoms in total. The molecule has 7 aromatic carbocycles. The van der Waals surface area contributed by atoms with Crippen molar-refractivity contribution in [3.63, 3.8) is 0 Å². The molecule has 0 bridgehead atoms. The SMILES string of the molecule is [C-]#[N+]/C=C1\C(c2ccc(OC(C)(C)C)cc2)=C([N+]#[C-])c2cc3c(cc21)/C(=C/C#N)C(c1ccc(OC(C)(C)C)cc1)=C3C#N.[C-]#[N+]C([N+]#[C-])=C1C(F)=C([N+]#[C-])c2c1c(-c1ccccn1)c1c(c2-c2ccccn2)C(C#N)=C(F)/C1=C(\C#N)[N+]#[C-].[C-]#[N+]C1=C(F)/C(=C(/C#N)[N+]#[C-])c2c1c(-c1cccc(OC(F)(F)F)c1)c1c(c2-c2cccc(OC(F)(F)F)c2)/C(=C(/C#N)[N+]#[C-])C(F)=C1C#N. The number of nitriles is 7. The molecular weight excluding hydrogens is 1730 g/mol. The van der Waals surface area contributed by atoms with E-state index in [4.69, 9.17) is 68.6 Å². The second kappa shape index (κ2) is 36.2. The van der Waals surface area contributed by atoms with E-state index in [1.54, 1.807) is 42.5 Å². The first kappa shape index (κ1) is 91.7. The number of fused-ring (bicyclic) bond motifs is 6. The minimum absolute atomic E-state index is 0.0142. The number of benzene rings is 7. The van der Waals surface area contributed by atoms with Gasteiger partial charge in [0.25, 0.3) is 17.1 Å². The average Bonchev–Trinajstić information content (AvgIpc) is 1.53. The Balaban J connectivity index is 0.000000171. The van der Waals surface area contributed by atoms with Crippen LogP contribution in [0.1, 0.15) is 119 Å². The third-order valence-corrected chi connectivity index (χ3v) is 20.6. The van der Waals surface area contributed by atoms with Gasteiger partial charge in [-0.3, -0.25) is 9.97 Å². The lowest BCUT2D eigenvalue weighted by Crippen LogP contribution is -2.22. The summed E-state index contributed by atoms with van der Waals surface area (Å²) in [5.41, 5.74) is -6.02. The van der Waals surface area contributed by atoms with E-state index in [1.807, 2.05) is 102 Å². The van der Waals surface area contributed by atoms with Gasteiger partial charge in [0.1, 0.15) is 94.4 Å². The van der Waals surface area contributed by atoms with Crippen molar-refractivity contribution < 1.29 is 62.9 Å². The number of halogens is 10. The van der Waals surface area contributed by atoms with Crippen LogP contribution in [-0.4, -0.2) is 33.9 Å². The van der Waals surface area contributed by atoms with E-state index in [9.17, 15) is 63.2 Å². The van der Waals surface area contributed by atoms with Gasteiger partial charge in [-0.2, -0.15) is 30.7 Å². The predicted molar refractivity (Wildman–Crippen MR) is 472 cm³/mol. The maximum absolute atomic E-state index is 16.4. The number of rotatable bonds is 10. The molecule has 0 aliphatic heterocycles. The van der Waals surface area contributed by atoms with Crippen molar-refractivity contribution in [2.75, 3.05) is 0 Å². The largest absolute Gasteiger partial charge is 0.573 e. The average molecular weight is 1780 g/mol. The number of alkyl halides is 6. The number of hydrogen-bond donors (Lipinski definition) is 0. The first-order valence-electron chi connectivity index (χ1n) is 38.5. The van der Waals surface area contributed by atoms with Crippen molar-refractivity contribution in [2.45, 2.75) is 65.5 Å². The number of pyridine rings is 2. The molecule has 0 spiro atoms. The molecule has 6 aliphatic carbocycles. The molecular formula is C102H46F10N18O4. The van der Waals surface area contributed by atoms with Crippen molar-refractivity contribution in [1.82, 2.24) is 9.97 Å². The van der Waals surface area contributed by atoms with Gasteiger partial charge >= 0.3 is 18.5 Å². The van der Waals surface area contributed by atoms with E-state index in [1.165, 1.54) is 48.9 Å². The van der Waals surface area contributed by atoms with Crippen molar-refractivity contribution in [2.24, 2.45) is 0 Å². The standard InChI is InChI=1S/C38H30N4O2.C34H8F8N6O2.C30H8F2N8/c1-37(2,3)43-25-13-9-23(10-14-25)34-27(17-18-39)28-19-30-31(20-29(28)32(34)21-40)36(42-8)35(33(30)22-41-7)24-11-15-26(16-12-24)44-38(4,5)6;1-46-20(13-44)25-27-23(16-7-5-9-18(11-16)50-34(40,41)42)28-26(21(14-45)47-2)31(36)32(48-3)29(28)22(24(27)19(12-43)30(25)35)15-6-4-8-17(10-15)49-33(37,38)39;1-35-18(14-34)22-23-19(15(13-33)27(22)31)20(16-9-5-7-11-39-16)25-24(21(23)17-10-6-8-12-40-17)26(30(37-3)38-4)28(32)29(25)36-2/h9-17,19-20,22H,1-6H3;4-11H;5-12H/b27-17-,33-22-;25-20+,26-21-;22-18+. The Hall–Kier alpha value is -19.9. The Bertz CT molecular complexity index is 7560. The Morgan fingerprint density at radius 1 is 0.351 bits per heavy atom. The molecule has 0 saturated heterocycles. The summed E-state index contributed by atoms with van der Waals surface area (Å²) in [5, 5.41) is 69.9. The summed E-state index contributed by atoms with van der Waals surface area (Å²) < 4.78 is 164. The molecule has 2 aromatic heterocycles. The fourth-order valence-corrected chi connectivity index (χ4v) is 16.1. The van der Waals surface area contributed by atoms with Gasteiger partial charge in [0.2, 0.25) is 17.1 Å². The summed E-state index contributed by atoms with van der Waals surface area (Å²) in [6.45, 7) is 81.0. The lowest BCUT2D eigenvalue weighted by Gasteiger charge is -2.23. The third-order valence-electron chi connectivity index (χ3n) is 20.6. The topological polar surface area (TPSA) is 268 Å². The van der Waals surface area contributed by atoms with Crippen LogP contribution in [0.4, 0.5) is 43.9 Å². The highest BCUT2D eigenvalue weighted by Crippen LogP contribution is 2.64. The highest BCUT2D eigenvalue weighted by molar-refractivity contribution is 6.29. The predicted octanol–water partition coefficient (Wildman–Crippen LogP) is 26.6. The molecule has 0 unspecified atom stereocenters. The maximum Gasteiger partial charge on any atom is 0.573 e. The molecule has 0 saturated carbocycles. The molecule has 9 aromatic rings. The Kier molecular flexibility index (Phi) is 24.8. The van der Waals surface area contributed by atoms with E-state index in [-0.39, 0.29) is 67.1 Å². The fourth-order valence-electron chi connectivity index (χ4n) is 16.1. The van der Waals surface area contributed by atoms with E-state index < -0.39 is 149 Å². The Morgan fingerprint density at radius 2 is 0.739 bits per heavy atom. The monoisotopic (exact) mass is 1780 g/mol. The smallest absolute Gasteiger partial charge is 0.488 e. The van der Waals surface area contributed by atoms with E-state index in [0.717, 1.165) is 59.7 Å². The molecule has 0 amide bonds. The van der Waals surface area contributed by atoms with Crippen LogP contribution < -0.4 is 18.9 Å².